The van der Waals surface area contributed by atoms with Crippen molar-refractivity contribution in [3.05, 3.63) is 34.9 Å². The van der Waals surface area contributed by atoms with Crippen LogP contribution in [-0.2, 0) is 12.8 Å². The SMILES string of the molecule is CC1CCCN(C(=O)c2cccc3c2CCC3)C1CN.Cl. The highest BCUT2D eigenvalue weighted by atomic mass is 35.5. The summed E-state index contributed by atoms with van der Waals surface area (Å²) in [4.78, 5) is 15.0. The van der Waals surface area contributed by atoms with Gasteiger partial charge in [0.25, 0.3) is 5.91 Å². The molecule has 1 fully saturated rings. The minimum Gasteiger partial charge on any atom is -0.334 e. The lowest BCUT2D eigenvalue weighted by molar-refractivity contribution is 0.0531. The Hall–Kier alpha value is -1.06. The molecule has 2 atom stereocenters. The van der Waals surface area contributed by atoms with Crippen LogP contribution in [0.25, 0.3) is 0 Å². The molecule has 0 saturated carbocycles. The fraction of sp³-hybridized carbons (Fsp3) is 0.588. The molecule has 2 N–H and O–H groups in total. The van der Waals surface area contributed by atoms with Gasteiger partial charge in [0.1, 0.15) is 0 Å². The van der Waals surface area contributed by atoms with E-state index in [0.29, 0.717) is 12.5 Å². The summed E-state index contributed by atoms with van der Waals surface area (Å²) >= 11 is 0. The molecule has 3 rings (SSSR count). The number of hydrogen-bond acceptors (Lipinski definition) is 2. The van der Waals surface area contributed by atoms with Crippen LogP contribution in [0.3, 0.4) is 0 Å². The molecule has 2 aliphatic rings. The lowest BCUT2D eigenvalue weighted by Gasteiger charge is -2.39. The molecule has 3 nitrogen and oxygen atoms in total. The summed E-state index contributed by atoms with van der Waals surface area (Å²) < 4.78 is 0. The monoisotopic (exact) mass is 308 g/mol. The number of benzene rings is 1. The van der Waals surface area contributed by atoms with Crippen LogP contribution >= 0.6 is 12.4 Å². The number of carbonyl (C=O) groups excluding carboxylic acids is 1. The van der Waals surface area contributed by atoms with Gasteiger partial charge in [0, 0.05) is 24.7 Å². The maximum Gasteiger partial charge on any atom is 0.254 e. The van der Waals surface area contributed by atoms with E-state index in [1.807, 2.05) is 17.0 Å². The topological polar surface area (TPSA) is 46.3 Å². The van der Waals surface area contributed by atoms with Crippen LogP contribution in [0.5, 0.6) is 0 Å². The first-order valence-corrected chi connectivity index (χ1v) is 7.84. The van der Waals surface area contributed by atoms with Gasteiger partial charge in [-0.3, -0.25) is 4.79 Å². The standard InChI is InChI=1S/C17H24N2O.ClH/c1-12-5-4-10-19(16(12)11-18)17(20)15-9-3-7-13-6-2-8-14(13)15;/h3,7,9,12,16H,2,4-6,8,10-11,18H2,1H3;1H. The van der Waals surface area contributed by atoms with Gasteiger partial charge in [-0.1, -0.05) is 19.1 Å². The van der Waals surface area contributed by atoms with Gasteiger partial charge in [-0.2, -0.15) is 0 Å². The second kappa shape index (κ2) is 6.80. The average molecular weight is 309 g/mol. The van der Waals surface area contributed by atoms with E-state index in [1.165, 1.54) is 24.0 Å². The van der Waals surface area contributed by atoms with E-state index in [2.05, 4.69) is 13.0 Å². The molecule has 0 aromatic heterocycles. The normalized spacial score (nSPS) is 24.4. The van der Waals surface area contributed by atoms with Crippen LogP contribution in [0.2, 0.25) is 0 Å². The Bertz CT molecular complexity index is 518. The van der Waals surface area contributed by atoms with Crippen molar-refractivity contribution in [3.63, 3.8) is 0 Å². The van der Waals surface area contributed by atoms with E-state index in [0.717, 1.165) is 31.4 Å². The van der Waals surface area contributed by atoms with Gasteiger partial charge in [-0.15, -0.1) is 12.4 Å². The van der Waals surface area contributed by atoms with Crippen molar-refractivity contribution in [2.24, 2.45) is 11.7 Å². The molecule has 1 amide bonds. The molecule has 0 radical (unpaired) electrons. The summed E-state index contributed by atoms with van der Waals surface area (Å²) in [6.07, 6.45) is 5.62. The van der Waals surface area contributed by atoms with E-state index >= 15 is 0 Å². The van der Waals surface area contributed by atoms with Crippen LogP contribution < -0.4 is 5.73 Å². The van der Waals surface area contributed by atoms with Crippen molar-refractivity contribution in [3.8, 4) is 0 Å². The number of aryl methyl sites for hydroxylation is 1. The molecule has 1 heterocycles. The smallest absolute Gasteiger partial charge is 0.254 e. The molecule has 1 aromatic rings. The lowest BCUT2D eigenvalue weighted by Crippen LogP contribution is -2.51. The van der Waals surface area contributed by atoms with Crippen molar-refractivity contribution < 1.29 is 4.79 Å². The number of fused-ring (bicyclic) bond motifs is 1. The Morgan fingerprint density at radius 2 is 2.14 bits per heavy atom. The highest BCUT2D eigenvalue weighted by molar-refractivity contribution is 5.96. The number of nitrogens with zero attached hydrogens (tertiary/aromatic N) is 1. The Kier molecular flexibility index (Phi) is 5.28. The molecule has 1 aromatic carbocycles. The molecule has 0 bridgehead atoms. The van der Waals surface area contributed by atoms with E-state index in [-0.39, 0.29) is 24.4 Å². The van der Waals surface area contributed by atoms with Crippen molar-refractivity contribution in [1.82, 2.24) is 4.90 Å². The summed E-state index contributed by atoms with van der Waals surface area (Å²) in [6, 6.07) is 6.40. The summed E-state index contributed by atoms with van der Waals surface area (Å²) in [7, 11) is 0. The van der Waals surface area contributed by atoms with Gasteiger partial charge in [-0.25, -0.2) is 0 Å². The Morgan fingerprint density at radius 3 is 2.90 bits per heavy atom. The van der Waals surface area contributed by atoms with Crippen LogP contribution in [0, 0.1) is 5.92 Å². The summed E-state index contributed by atoms with van der Waals surface area (Å²) in [5.74, 6) is 0.709. The number of nitrogens with two attached hydrogens (primary N) is 1. The number of carbonyl (C=O) groups is 1. The van der Waals surface area contributed by atoms with Gasteiger partial charge < -0.3 is 10.6 Å². The van der Waals surface area contributed by atoms with E-state index < -0.39 is 0 Å². The van der Waals surface area contributed by atoms with Crippen LogP contribution in [-0.4, -0.2) is 29.9 Å². The Labute approximate surface area is 133 Å². The molecule has 2 unspecified atom stereocenters. The highest BCUT2D eigenvalue weighted by Crippen LogP contribution is 2.29. The van der Waals surface area contributed by atoms with Gasteiger partial charge in [0.05, 0.1) is 0 Å². The lowest BCUT2D eigenvalue weighted by atomic mass is 9.89. The number of rotatable bonds is 2. The van der Waals surface area contributed by atoms with Gasteiger partial charge >= 0.3 is 0 Å². The van der Waals surface area contributed by atoms with Crippen molar-refractivity contribution in [1.29, 1.82) is 0 Å². The largest absolute Gasteiger partial charge is 0.334 e. The second-order valence-corrected chi connectivity index (χ2v) is 6.22. The molecule has 21 heavy (non-hydrogen) atoms. The minimum atomic E-state index is 0. The van der Waals surface area contributed by atoms with Crippen LogP contribution in [0.15, 0.2) is 18.2 Å². The van der Waals surface area contributed by atoms with Crippen molar-refractivity contribution >= 4 is 18.3 Å². The molecular formula is C17H25ClN2O. The summed E-state index contributed by atoms with van der Waals surface area (Å²) in [6.45, 7) is 3.64. The first-order chi connectivity index (χ1) is 9.72. The second-order valence-electron chi connectivity index (χ2n) is 6.22. The first-order valence-electron chi connectivity index (χ1n) is 7.84. The zero-order chi connectivity index (χ0) is 14.1. The van der Waals surface area contributed by atoms with Gasteiger partial charge in [0.15, 0.2) is 0 Å². The van der Waals surface area contributed by atoms with E-state index in [4.69, 9.17) is 5.73 Å². The predicted octanol–water partition coefficient (Wildman–Crippen LogP) is 2.80. The maximum atomic E-state index is 12.9. The van der Waals surface area contributed by atoms with Crippen molar-refractivity contribution in [2.45, 2.75) is 45.1 Å². The number of halogens is 1. The van der Waals surface area contributed by atoms with E-state index in [1.54, 1.807) is 0 Å². The fourth-order valence-corrected chi connectivity index (χ4v) is 3.84. The van der Waals surface area contributed by atoms with Gasteiger partial charge in [-0.05, 0) is 55.2 Å². The highest BCUT2D eigenvalue weighted by Gasteiger charge is 2.32. The molecule has 1 aliphatic carbocycles. The fourth-order valence-electron chi connectivity index (χ4n) is 3.84. The van der Waals surface area contributed by atoms with Gasteiger partial charge in [0.2, 0.25) is 0 Å². The molecule has 0 spiro atoms. The number of likely N-dealkylation sites (tertiary alicyclic amines) is 1. The maximum absolute atomic E-state index is 12.9. The average Bonchev–Trinajstić information content (AvgIpc) is 2.94. The van der Waals surface area contributed by atoms with Crippen molar-refractivity contribution in [2.75, 3.05) is 13.1 Å². The third kappa shape index (κ3) is 2.95. The third-order valence-corrected chi connectivity index (χ3v) is 4.99. The number of amides is 1. The Morgan fingerprint density at radius 1 is 1.33 bits per heavy atom. The molecule has 4 heteroatoms. The van der Waals surface area contributed by atoms with Crippen LogP contribution in [0.4, 0.5) is 0 Å². The quantitative estimate of drug-likeness (QED) is 0.913. The minimum absolute atomic E-state index is 0. The van der Waals surface area contributed by atoms with E-state index in [9.17, 15) is 4.79 Å². The molecular weight excluding hydrogens is 284 g/mol. The summed E-state index contributed by atoms with van der Waals surface area (Å²) in [5.41, 5.74) is 9.49. The molecule has 1 saturated heterocycles. The zero-order valence-electron chi connectivity index (χ0n) is 12.7. The van der Waals surface area contributed by atoms with Crippen LogP contribution in [0.1, 0.15) is 47.7 Å². The zero-order valence-corrected chi connectivity index (χ0v) is 13.5. The predicted molar refractivity (Wildman–Crippen MR) is 88.0 cm³/mol. The summed E-state index contributed by atoms with van der Waals surface area (Å²) in [5, 5.41) is 0. The molecule has 116 valence electrons. The first kappa shape index (κ1) is 16.3. The Balaban J connectivity index is 0.00000161. The number of piperidine rings is 1. The molecule has 1 aliphatic heterocycles. The third-order valence-electron chi connectivity index (χ3n) is 4.99. The number of hydrogen-bond donors (Lipinski definition) is 1.